The molecule has 7 nitrogen and oxygen atoms in total. The van der Waals surface area contributed by atoms with Crippen LogP contribution in [0.1, 0.15) is 18.1 Å². The van der Waals surface area contributed by atoms with Gasteiger partial charge in [0.25, 0.3) is 5.91 Å². The molecule has 0 saturated carbocycles. The van der Waals surface area contributed by atoms with Crippen LogP contribution in [0, 0.1) is 0 Å². The zero-order chi connectivity index (χ0) is 21.1. The highest BCUT2D eigenvalue weighted by Crippen LogP contribution is 2.28. The highest BCUT2D eigenvalue weighted by molar-refractivity contribution is 14.0. The molecule has 2 aromatic carbocycles. The monoisotopic (exact) mass is 546 g/mol. The van der Waals surface area contributed by atoms with Crippen LogP contribution in [0.15, 0.2) is 47.5 Å². The van der Waals surface area contributed by atoms with Crippen molar-refractivity contribution in [3.05, 3.63) is 58.6 Å². The predicted octanol–water partition coefficient (Wildman–Crippen LogP) is 3.35. The third kappa shape index (κ3) is 8.27. The molecular formula is C21H28ClIN4O3. The van der Waals surface area contributed by atoms with Crippen molar-refractivity contribution in [2.75, 3.05) is 27.3 Å². The van der Waals surface area contributed by atoms with Crippen molar-refractivity contribution in [3.63, 3.8) is 0 Å². The summed E-state index contributed by atoms with van der Waals surface area (Å²) in [6.45, 7) is 3.47. The van der Waals surface area contributed by atoms with Gasteiger partial charge >= 0.3 is 0 Å². The Bertz CT molecular complexity index is 849. The fourth-order valence-electron chi connectivity index (χ4n) is 2.56. The number of methoxy groups -OCH3 is 1. The Morgan fingerprint density at radius 2 is 1.80 bits per heavy atom. The molecule has 164 valence electrons. The number of aliphatic imine (C=N–C) groups is 1. The molecule has 0 aromatic heterocycles. The van der Waals surface area contributed by atoms with Crippen LogP contribution in [0.3, 0.4) is 0 Å². The first kappa shape index (κ1) is 25.8. The molecule has 0 unspecified atom stereocenters. The Hall–Kier alpha value is -2.20. The van der Waals surface area contributed by atoms with Gasteiger partial charge in [-0.1, -0.05) is 35.9 Å². The number of hydrogen-bond acceptors (Lipinski definition) is 4. The molecular weight excluding hydrogens is 519 g/mol. The van der Waals surface area contributed by atoms with Crippen molar-refractivity contribution < 1.29 is 14.3 Å². The molecule has 0 fully saturated rings. The number of nitrogens with one attached hydrogen (secondary N) is 3. The summed E-state index contributed by atoms with van der Waals surface area (Å²) in [5, 5.41) is 9.88. The Morgan fingerprint density at radius 1 is 1.07 bits per heavy atom. The van der Waals surface area contributed by atoms with Crippen LogP contribution in [0.25, 0.3) is 0 Å². The zero-order valence-electron chi connectivity index (χ0n) is 17.3. The topological polar surface area (TPSA) is 84.0 Å². The van der Waals surface area contributed by atoms with Crippen LogP contribution < -0.4 is 25.4 Å². The fraction of sp³-hybridized carbons (Fsp3) is 0.333. The number of carbonyl (C=O) groups excluding carboxylic acids is 1. The summed E-state index contributed by atoms with van der Waals surface area (Å²) in [5.41, 5.74) is 1.97. The number of nitrogens with zero attached hydrogens (tertiary/aromatic N) is 1. The van der Waals surface area contributed by atoms with E-state index in [1.807, 2.05) is 43.3 Å². The van der Waals surface area contributed by atoms with E-state index >= 15 is 0 Å². The van der Waals surface area contributed by atoms with Crippen LogP contribution in [0.4, 0.5) is 0 Å². The van der Waals surface area contributed by atoms with Gasteiger partial charge < -0.3 is 25.4 Å². The number of likely N-dealkylation sites (N-methyl/N-ethyl adjacent to an activating group) is 1. The van der Waals surface area contributed by atoms with Gasteiger partial charge in [0.2, 0.25) is 0 Å². The number of hydrogen-bond donors (Lipinski definition) is 3. The second-order valence-corrected chi connectivity index (χ2v) is 6.51. The molecule has 0 heterocycles. The largest absolute Gasteiger partial charge is 0.493 e. The average molecular weight is 547 g/mol. The van der Waals surface area contributed by atoms with Crippen molar-refractivity contribution in [1.82, 2.24) is 16.0 Å². The maximum atomic E-state index is 11.6. The van der Waals surface area contributed by atoms with Crippen LogP contribution >= 0.6 is 35.6 Å². The second kappa shape index (κ2) is 13.9. The van der Waals surface area contributed by atoms with Crippen LogP contribution in [-0.2, 0) is 17.9 Å². The number of halogens is 2. The molecule has 0 aliphatic rings. The average Bonchev–Trinajstić information content (AvgIpc) is 2.74. The lowest BCUT2D eigenvalue weighted by molar-refractivity contribution is -0.123. The van der Waals surface area contributed by atoms with E-state index in [4.69, 9.17) is 21.1 Å². The lowest BCUT2D eigenvalue weighted by atomic mass is 10.2. The smallest absolute Gasteiger partial charge is 0.257 e. The van der Waals surface area contributed by atoms with Crippen LogP contribution in [0.5, 0.6) is 11.5 Å². The normalized spacial score (nSPS) is 10.6. The van der Waals surface area contributed by atoms with Gasteiger partial charge in [0.05, 0.1) is 7.11 Å². The van der Waals surface area contributed by atoms with Gasteiger partial charge in [-0.15, -0.1) is 24.0 Å². The van der Waals surface area contributed by atoms with E-state index in [9.17, 15) is 4.79 Å². The Balaban J connectivity index is 0.00000450. The number of ether oxygens (including phenoxy) is 2. The van der Waals surface area contributed by atoms with E-state index in [-0.39, 0.29) is 36.5 Å². The maximum Gasteiger partial charge on any atom is 0.257 e. The minimum absolute atomic E-state index is 0. The Kier molecular flexibility index (Phi) is 12.0. The number of carbonyl (C=O) groups is 1. The van der Waals surface area contributed by atoms with Crippen molar-refractivity contribution >= 4 is 47.4 Å². The summed E-state index contributed by atoms with van der Waals surface area (Å²) < 4.78 is 10.9. The third-order valence-electron chi connectivity index (χ3n) is 4.05. The number of guanidine groups is 1. The molecule has 0 aliphatic heterocycles. The third-order valence-corrected chi connectivity index (χ3v) is 4.42. The van der Waals surface area contributed by atoms with Crippen molar-refractivity contribution in [2.45, 2.75) is 20.0 Å². The first-order chi connectivity index (χ1) is 14.1. The lowest BCUT2D eigenvalue weighted by Gasteiger charge is -2.15. The highest BCUT2D eigenvalue weighted by atomic mass is 127. The molecule has 30 heavy (non-hydrogen) atoms. The first-order valence-corrected chi connectivity index (χ1v) is 9.69. The molecule has 0 bridgehead atoms. The molecule has 1 amide bonds. The van der Waals surface area contributed by atoms with E-state index in [0.717, 1.165) is 11.1 Å². The molecule has 0 radical (unpaired) electrons. The molecule has 2 aromatic rings. The van der Waals surface area contributed by atoms with Crippen LogP contribution in [0.2, 0.25) is 5.02 Å². The van der Waals surface area contributed by atoms with Gasteiger partial charge in [-0.2, -0.15) is 0 Å². The molecule has 9 heteroatoms. The van der Waals surface area contributed by atoms with Gasteiger partial charge in [-0.25, -0.2) is 0 Å². The number of amides is 1. The standard InChI is InChI=1S/C21H27ClN4O3.HI/c1-4-24-20(27)14-29-18-10-9-15(11-19(18)28-3)12-25-21(23-2)26-13-16-7-5-6-8-17(16)22;/h5-11H,4,12-14H2,1-3H3,(H,24,27)(H2,23,25,26);1H. The minimum atomic E-state index is -0.173. The van der Waals surface area contributed by atoms with Crippen molar-refractivity contribution in [2.24, 2.45) is 4.99 Å². The molecule has 0 spiro atoms. The van der Waals surface area contributed by atoms with Gasteiger partial charge in [-0.3, -0.25) is 9.79 Å². The van der Waals surface area contributed by atoms with Crippen molar-refractivity contribution in [3.8, 4) is 11.5 Å². The first-order valence-electron chi connectivity index (χ1n) is 9.31. The van der Waals surface area contributed by atoms with E-state index in [0.29, 0.717) is 42.1 Å². The SMILES string of the molecule is CCNC(=O)COc1ccc(CNC(=NC)NCc2ccccc2Cl)cc1OC.I. The Labute approximate surface area is 199 Å². The lowest BCUT2D eigenvalue weighted by Crippen LogP contribution is -2.36. The predicted molar refractivity (Wildman–Crippen MR) is 131 cm³/mol. The van der Waals surface area contributed by atoms with E-state index in [1.54, 1.807) is 20.2 Å². The van der Waals surface area contributed by atoms with Gasteiger partial charge in [0.1, 0.15) is 0 Å². The number of rotatable bonds is 9. The summed E-state index contributed by atoms with van der Waals surface area (Å²) in [5.74, 6) is 1.56. The minimum Gasteiger partial charge on any atom is -0.493 e. The highest BCUT2D eigenvalue weighted by Gasteiger charge is 2.09. The zero-order valence-corrected chi connectivity index (χ0v) is 20.4. The van der Waals surface area contributed by atoms with Gasteiger partial charge in [0.15, 0.2) is 24.1 Å². The summed E-state index contributed by atoms with van der Waals surface area (Å²) in [7, 11) is 3.27. The van der Waals surface area contributed by atoms with E-state index < -0.39 is 0 Å². The summed E-state index contributed by atoms with van der Waals surface area (Å²) in [6, 6.07) is 13.2. The van der Waals surface area contributed by atoms with E-state index in [2.05, 4.69) is 20.9 Å². The van der Waals surface area contributed by atoms with Gasteiger partial charge in [0, 0.05) is 31.7 Å². The van der Waals surface area contributed by atoms with E-state index in [1.165, 1.54) is 0 Å². The maximum absolute atomic E-state index is 11.6. The van der Waals surface area contributed by atoms with Crippen molar-refractivity contribution in [1.29, 1.82) is 0 Å². The fourth-order valence-corrected chi connectivity index (χ4v) is 2.76. The number of benzene rings is 2. The molecule has 2 rings (SSSR count). The summed E-state index contributed by atoms with van der Waals surface area (Å²) >= 11 is 6.18. The molecule has 3 N–H and O–H groups in total. The van der Waals surface area contributed by atoms with Gasteiger partial charge in [-0.05, 0) is 36.2 Å². The summed E-state index contributed by atoms with van der Waals surface area (Å²) in [6.07, 6.45) is 0. The summed E-state index contributed by atoms with van der Waals surface area (Å²) in [4.78, 5) is 15.8. The Morgan fingerprint density at radius 3 is 2.47 bits per heavy atom. The van der Waals surface area contributed by atoms with Crippen LogP contribution in [-0.4, -0.2) is 39.2 Å². The molecule has 0 aliphatic carbocycles. The second-order valence-electron chi connectivity index (χ2n) is 6.10. The molecule has 0 saturated heterocycles. The quantitative estimate of drug-likeness (QED) is 0.255. The molecule has 0 atom stereocenters.